The molecule has 0 saturated heterocycles. The molecule has 176 valence electrons. The Labute approximate surface area is 212 Å². The molecule has 0 aliphatic carbocycles. The first-order chi connectivity index (χ1) is 16.4. The average molecular weight is 566 g/mol. The Morgan fingerprint density at radius 2 is 1.38 bits per heavy atom. The molecule has 0 saturated carbocycles. The zero-order valence-electron chi connectivity index (χ0n) is 20.1. The summed E-state index contributed by atoms with van der Waals surface area (Å²) in [4.78, 5) is 17.0. The summed E-state index contributed by atoms with van der Waals surface area (Å²) in [6, 6.07) is 24.2. The Bertz CT molecular complexity index is 1230. The van der Waals surface area contributed by atoms with E-state index >= 15 is 0 Å². The fraction of sp³-hybridized carbons (Fsp3) is 0.286. The Balaban J connectivity index is 1.59. The molecule has 2 atom stereocenters. The molecule has 2 unspecified atom stereocenters. The Morgan fingerprint density at radius 3 is 1.97 bits per heavy atom. The van der Waals surface area contributed by atoms with Gasteiger partial charge in [-0.15, -0.1) is 0 Å². The van der Waals surface area contributed by atoms with E-state index in [1.54, 1.807) is 0 Å². The van der Waals surface area contributed by atoms with Gasteiger partial charge < -0.3 is 15.1 Å². The van der Waals surface area contributed by atoms with Crippen molar-refractivity contribution < 1.29 is 4.79 Å². The van der Waals surface area contributed by atoms with E-state index in [0.29, 0.717) is 0 Å². The SMILES string of the molecule is CN(C)Cc1ccc(C2Nc3cccc4c3C(=INC4=O)C2c2ccc(CN(C)C)cc2)cc1. The van der Waals surface area contributed by atoms with Crippen LogP contribution in [0.2, 0.25) is 0 Å². The van der Waals surface area contributed by atoms with E-state index in [2.05, 4.69) is 101 Å². The van der Waals surface area contributed by atoms with Crippen molar-refractivity contribution in [1.82, 2.24) is 13.3 Å². The maximum absolute atomic E-state index is 12.7. The number of rotatable bonds is 6. The minimum atomic E-state index is -0.610. The van der Waals surface area contributed by atoms with Gasteiger partial charge in [0.1, 0.15) is 0 Å². The van der Waals surface area contributed by atoms with Crippen LogP contribution in [0.4, 0.5) is 5.69 Å². The van der Waals surface area contributed by atoms with E-state index in [1.807, 2.05) is 12.1 Å². The molecule has 3 aromatic rings. The second-order valence-electron chi connectivity index (χ2n) is 9.65. The second-order valence-corrected chi connectivity index (χ2v) is 11.9. The van der Waals surface area contributed by atoms with Crippen LogP contribution in [0.1, 0.15) is 50.1 Å². The van der Waals surface area contributed by atoms with Crippen LogP contribution in [0.3, 0.4) is 0 Å². The maximum atomic E-state index is 12.7. The predicted molar refractivity (Wildman–Crippen MR) is 149 cm³/mol. The second kappa shape index (κ2) is 9.60. The highest BCUT2D eigenvalue weighted by Crippen LogP contribution is 2.46. The number of hydrogen-bond acceptors (Lipinski definition) is 4. The number of anilines is 1. The maximum Gasteiger partial charge on any atom is 0.260 e. The molecule has 5 nitrogen and oxygen atoms in total. The first-order valence-electron chi connectivity index (χ1n) is 11.6. The summed E-state index contributed by atoms with van der Waals surface area (Å²) < 4.78 is 4.63. The molecule has 2 aliphatic heterocycles. The summed E-state index contributed by atoms with van der Waals surface area (Å²) in [5, 5.41) is 3.83. The van der Waals surface area contributed by atoms with Crippen molar-refractivity contribution in [3.8, 4) is 0 Å². The van der Waals surface area contributed by atoms with Gasteiger partial charge in [-0.2, -0.15) is 0 Å². The molecule has 6 heteroatoms. The number of nitrogens with one attached hydrogen (secondary N) is 2. The molecule has 1 amide bonds. The lowest BCUT2D eigenvalue weighted by Crippen LogP contribution is -2.36. The van der Waals surface area contributed by atoms with Crippen LogP contribution in [0, 0.1) is 0 Å². The molecular weight excluding hydrogens is 535 g/mol. The average Bonchev–Trinajstić information content (AvgIpc) is 2.81. The minimum absolute atomic E-state index is 0.0572. The van der Waals surface area contributed by atoms with Crippen molar-refractivity contribution in [3.05, 3.63) is 100 Å². The highest BCUT2D eigenvalue weighted by molar-refractivity contribution is 14.2. The lowest BCUT2D eigenvalue weighted by Gasteiger charge is -2.39. The third-order valence-electron chi connectivity index (χ3n) is 6.38. The predicted octanol–water partition coefficient (Wildman–Crippen LogP) is 4.91. The van der Waals surface area contributed by atoms with Crippen molar-refractivity contribution in [2.45, 2.75) is 25.0 Å². The summed E-state index contributed by atoms with van der Waals surface area (Å²) in [5.74, 6) is 0.233. The lowest BCUT2D eigenvalue weighted by atomic mass is 9.78. The molecule has 2 N–H and O–H groups in total. The number of benzene rings is 3. The Morgan fingerprint density at radius 1 is 0.794 bits per heavy atom. The van der Waals surface area contributed by atoms with Crippen LogP contribution in [-0.4, -0.2) is 47.4 Å². The van der Waals surface area contributed by atoms with Gasteiger partial charge in [-0.3, -0.25) is 8.32 Å². The van der Waals surface area contributed by atoms with Crippen molar-refractivity contribution in [3.63, 3.8) is 0 Å². The summed E-state index contributed by atoms with van der Waals surface area (Å²) in [6.07, 6.45) is 0. The molecule has 0 spiro atoms. The zero-order chi connectivity index (χ0) is 23.8. The molecule has 3 aromatic carbocycles. The van der Waals surface area contributed by atoms with Gasteiger partial charge in [0.25, 0.3) is 5.91 Å². The van der Waals surface area contributed by atoms with Gasteiger partial charge in [-0.05, 0) is 62.6 Å². The third kappa shape index (κ3) is 4.54. The quantitative estimate of drug-likeness (QED) is 0.329. The fourth-order valence-electron chi connectivity index (χ4n) is 4.93. The van der Waals surface area contributed by atoms with E-state index in [9.17, 15) is 4.79 Å². The molecule has 34 heavy (non-hydrogen) atoms. The van der Waals surface area contributed by atoms with E-state index in [4.69, 9.17) is 0 Å². The summed E-state index contributed by atoms with van der Waals surface area (Å²) in [6.45, 7) is 1.85. The third-order valence-corrected chi connectivity index (χ3v) is 8.93. The molecule has 2 heterocycles. The number of nitrogens with zero attached hydrogens (tertiary/aromatic N) is 2. The monoisotopic (exact) mass is 566 g/mol. The number of hydrogen-bond donors (Lipinski definition) is 2. The van der Waals surface area contributed by atoms with Crippen LogP contribution >= 0.6 is 21.0 Å². The van der Waals surface area contributed by atoms with Crippen molar-refractivity contribution in [2.75, 3.05) is 33.5 Å². The van der Waals surface area contributed by atoms with Crippen LogP contribution in [-0.2, 0) is 13.1 Å². The van der Waals surface area contributed by atoms with E-state index < -0.39 is 21.0 Å². The smallest absolute Gasteiger partial charge is 0.260 e. The Hall–Kier alpha value is -2.55. The van der Waals surface area contributed by atoms with Gasteiger partial charge in [-0.1, -0.05) is 54.6 Å². The number of carbonyl (C=O) groups is 1. The van der Waals surface area contributed by atoms with Crippen molar-refractivity contribution in [2.24, 2.45) is 0 Å². The molecular formula is C28H31IN4O. The molecule has 0 bridgehead atoms. The summed E-state index contributed by atoms with van der Waals surface area (Å²) >= 11 is -0.610. The molecule has 0 radical (unpaired) electrons. The van der Waals surface area contributed by atoms with Gasteiger partial charge in [0, 0.05) is 54.8 Å². The van der Waals surface area contributed by atoms with Gasteiger partial charge >= 0.3 is 0 Å². The first kappa shape index (κ1) is 23.2. The topological polar surface area (TPSA) is 47.6 Å². The molecule has 2 aliphatic rings. The van der Waals surface area contributed by atoms with Crippen molar-refractivity contribution in [1.29, 1.82) is 0 Å². The van der Waals surface area contributed by atoms with Gasteiger partial charge in [0.05, 0.1) is 11.6 Å². The molecule has 0 fully saturated rings. The normalized spacial score (nSPS) is 19.1. The summed E-state index contributed by atoms with van der Waals surface area (Å²) in [7, 11) is 8.38. The highest BCUT2D eigenvalue weighted by atomic mass is 127. The van der Waals surface area contributed by atoms with Crippen LogP contribution in [0.15, 0.2) is 66.7 Å². The Kier molecular flexibility index (Phi) is 6.55. The van der Waals surface area contributed by atoms with E-state index in [-0.39, 0.29) is 17.9 Å². The number of carbonyl (C=O) groups excluding carboxylic acids is 1. The highest BCUT2D eigenvalue weighted by Gasteiger charge is 2.38. The largest absolute Gasteiger partial charge is 0.377 e. The fourth-order valence-corrected chi connectivity index (χ4v) is 7.66. The number of halogens is 1. The molecule has 5 rings (SSSR count). The summed E-state index contributed by atoms with van der Waals surface area (Å²) in [5.41, 5.74) is 8.17. The van der Waals surface area contributed by atoms with Crippen LogP contribution < -0.4 is 8.85 Å². The molecule has 0 aromatic heterocycles. The van der Waals surface area contributed by atoms with Crippen molar-refractivity contribution >= 4 is 36.1 Å². The number of amides is 1. The minimum Gasteiger partial charge on any atom is -0.377 e. The van der Waals surface area contributed by atoms with E-state index in [0.717, 1.165) is 29.9 Å². The zero-order valence-corrected chi connectivity index (χ0v) is 22.3. The van der Waals surface area contributed by atoms with Gasteiger partial charge in [0.15, 0.2) is 0 Å². The van der Waals surface area contributed by atoms with Gasteiger partial charge in [0.2, 0.25) is 0 Å². The lowest BCUT2D eigenvalue weighted by molar-refractivity contribution is 0.0989. The van der Waals surface area contributed by atoms with Crippen LogP contribution in [0.25, 0.3) is 0 Å². The standard InChI is InChI=1S/C28H31IN4O/c1-32(2)16-18-8-12-20(13-9-18)24-26-25-22(28(34)31-29-26)6-5-7-23(25)30-27(24)21-14-10-19(11-15-21)17-33(3)4/h5-15,24,27,30H,16-17H2,1-4H3,(H,31,34). The van der Waals surface area contributed by atoms with Crippen LogP contribution in [0.5, 0.6) is 0 Å². The van der Waals surface area contributed by atoms with E-state index in [1.165, 1.54) is 25.8 Å². The van der Waals surface area contributed by atoms with Gasteiger partial charge in [-0.25, -0.2) is 0 Å². The first-order valence-corrected chi connectivity index (χ1v) is 13.7.